The van der Waals surface area contributed by atoms with Crippen LogP contribution >= 0.6 is 0 Å². The summed E-state index contributed by atoms with van der Waals surface area (Å²) < 4.78 is 5.57. The van der Waals surface area contributed by atoms with Gasteiger partial charge in [-0.05, 0) is 97.5 Å². The Morgan fingerprint density at radius 3 is 2.45 bits per heavy atom. The molecule has 1 amide bonds. The van der Waals surface area contributed by atoms with Crippen molar-refractivity contribution in [1.82, 2.24) is 0 Å². The molecule has 4 rings (SSSR count). The van der Waals surface area contributed by atoms with Gasteiger partial charge in [-0.15, -0.1) is 0 Å². The molecule has 0 spiro atoms. The summed E-state index contributed by atoms with van der Waals surface area (Å²) in [5.74, 6) is 1.33. The van der Waals surface area contributed by atoms with Crippen molar-refractivity contribution in [2.45, 2.75) is 64.7 Å². The maximum atomic E-state index is 14.1. The Bertz CT molecular complexity index is 1150. The molecule has 3 aromatic rings. The van der Waals surface area contributed by atoms with Gasteiger partial charge < -0.3 is 10.1 Å². The van der Waals surface area contributed by atoms with E-state index in [4.69, 9.17) is 4.74 Å². The van der Waals surface area contributed by atoms with Crippen LogP contribution in [0.2, 0.25) is 0 Å². The highest BCUT2D eigenvalue weighted by molar-refractivity contribution is 6.00. The van der Waals surface area contributed by atoms with Crippen LogP contribution in [0.5, 0.6) is 5.75 Å². The molecule has 1 atom stereocenters. The standard InChI is InChI=1S/C30H35NO2/c1-20(2)23-10-13-26(14-11-23)31-29(32)30(19-25-9-8-21(3)17-22(25)4)16-6-7-24-12-15-27(33-5)18-28(24)30/h8-15,17-18,20H,6-7,16,19H2,1-5H3,(H,31,32). The quantitative estimate of drug-likeness (QED) is 0.452. The Morgan fingerprint density at radius 1 is 1.03 bits per heavy atom. The van der Waals surface area contributed by atoms with E-state index in [1.165, 1.54) is 27.8 Å². The van der Waals surface area contributed by atoms with Crippen LogP contribution in [0.3, 0.4) is 0 Å². The van der Waals surface area contributed by atoms with Gasteiger partial charge in [-0.3, -0.25) is 4.79 Å². The van der Waals surface area contributed by atoms with Crippen molar-refractivity contribution in [2.75, 3.05) is 12.4 Å². The van der Waals surface area contributed by atoms with Gasteiger partial charge in [0.1, 0.15) is 5.75 Å². The van der Waals surface area contributed by atoms with E-state index in [1.807, 2.05) is 18.2 Å². The number of ether oxygens (including phenoxy) is 1. The van der Waals surface area contributed by atoms with Crippen LogP contribution < -0.4 is 10.1 Å². The Labute approximate surface area is 198 Å². The van der Waals surface area contributed by atoms with E-state index in [2.05, 4.69) is 75.5 Å². The molecule has 3 heteroatoms. The molecule has 0 saturated heterocycles. The third-order valence-corrected chi connectivity index (χ3v) is 7.14. The fraction of sp³-hybridized carbons (Fsp3) is 0.367. The molecular formula is C30H35NO2. The molecule has 0 bridgehead atoms. The minimum atomic E-state index is -0.640. The second-order valence-corrected chi connectivity index (χ2v) is 9.80. The molecule has 0 fully saturated rings. The summed E-state index contributed by atoms with van der Waals surface area (Å²) >= 11 is 0. The van der Waals surface area contributed by atoms with Gasteiger partial charge in [-0.1, -0.05) is 55.8 Å². The smallest absolute Gasteiger partial charge is 0.235 e. The molecule has 0 heterocycles. The number of hydrogen-bond acceptors (Lipinski definition) is 2. The maximum absolute atomic E-state index is 14.1. The lowest BCUT2D eigenvalue weighted by atomic mass is 9.65. The van der Waals surface area contributed by atoms with Crippen LogP contribution in [0.1, 0.15) is 66.0 Å². The number of amides is 1. The topological polar surface area (TPSA) is 38.3 Å². The van der Waals surface area contributed by atoms with E-state index in [9.17, 15) is 4.79 Å². The number of carbonyl (C=O) groups is 1. The first-order chi connectivity index (χ1) is 15.8. The zero-order valence-electron chi connectivity index (χ0n) is 20.5. The summed E-state index contributed by atoms with van der Waals surface area (Å²) in [7, 11) is 1.69. The number of methoxy groups -OCH3 is 1. The average Bonchev–Trinajstić information content (AvgIpc) is 2.81. The number of nitrogens with one attached hydrogen (secondary N) is 1. The van der Waals surface area contributed by atoms with E-state index < -0.39 is 5.41 Å². The second-order valence-electron chi connectivity index (χ2n) is 9.80. The van der Waals surface area contributed by atoms with E-state index in [0.29, 0.717) is 12.3 Å². The van der Waals surface area contributed by atoms with Gasteiger partial charge >= 0.3 is 0 Å². The highest BCUT2D eigenvalue weighted by Crippen LogP contribution is 2.43. The van der Waals surface area contributed by atoms with Crippen LogP contribution in [0.15, 0.2) is 60.7 Å². The first kappa shape index (κ1) is 23.1. The van der Waals surface area contributed by atoms with E-state index in [-0.39, 0.29) is 5.91 Å². The van der Waals surface area contributed by atoms with Crippen molar-refractivity contribution < 1.29 is 9.53 Å². The predicted octanol–water partition coefficient (Wildman–Crippen LogP) is 6.89. The summed E-state index contributed by atoms with van der Waals surface area (Å²) in [5.41, 5.74) is 7.52. The van der Waals surface area contributed by atoms with Crippen molar-refractivity contribution in [3.8, 4) is 5.75 Å². The van der Waals surface area contributed by atoms with Gasteiger partial charge in [0.25, 0.3) is 0 Å². The molecule has 0 saturated carbocycles. The molecule has 1 aliphatic rings. The minimum absolute atomic E-state index is 0.0639. The van der Waals surface area contributed by atoms with Crippen molar-refractivity contribution in [1.29, 1.82) is 0 Å². The predicted molar refractivity (Wildman–Crippen MR) is 136 cm³/mol. The van der Waals surface area contributed by atoms with Gasteiger partial charge in [0.2, 0.25) is 5.91 Å². The molecule has 33 heavy (non-hydrogen) atoms. The zero-order chi connectivity index (χ0) is 23.6. The SMILES string of the molecule is COc1ccc2c(c1)C(Cc1ccc(C)cc1C)(C(=O)Nc1ccc(C(C)C)cc1)CCC2. The number of carbonyl (C=O) groups excluding carboxylic acids is 1. The molecule has 0 radical (unpaired) electrons. The number of hydrogen-bond donors (Lipinski definition) is 1. The second kappa shape index (κ2) is 9.43. The van der Waals surface area contributed by atoms with E-state index >= 15 is 0 Å². The highest BCUT2D eigenvalue weighted by Gasteiger charge is 2.44. The van der Waals surface area contributed by atoms with E-state index in [1.54, 1.807) is 7.11 Å². The van der Waals surface area contributed by atoms with Crippen LogP contribution in [-0.4, -0.2) is 13.0 Å². The Morgan fingerprint density at radius 2 is 1.79 bits per heavy atom. The van der Waals surface area contributed by atoms with Gasteiger partial charge in [-0.25, -0.2) is 0 Å². The Hall–Kier alpha value is -3.07. The van der Waals surface area contributed by atoms with Crippen LogP contribution in [0, 0.1) is 13.8 Å². The van der Waals surface area contributed by atoms with Gasteiger partial charge in [0, 0.05) is 5.69 Å². The maximum Gasteiger partial charge on any atom is 0.235 e. The summed E-state index contributed by atoms with van der Waals surface area (Å²) in [4.78, 5) is 14.1. The van der Waals surface area contributed by atoms with Crippen molar-refractivity contribution in [2.24, 2.45) is 0 Å². The lowest BCUT2D eigenvalue weighted by Gasteiger charge is -2.38. The third-order valence-electron chi connectivity index (χ3n) is 7.14. The van der Waals surface area contributed by atoms with Crippen LogP contribution in [-0.2, 0) is 23.1 Å². The fourth-order valence-electron chi connectivity index (χ4n) is 5.13. The summed E-state index contributed by atoms with van der Waals surface area (Å²) in [5, 5.41) is 3.27. The lowest BCUT2D eigenvalue weighted by Crippen LogP contribution is -2.45. The summed E-state index contributed by atoms with van der Waals surface area (Å²) in [6.45, 7) is 8.62. The van der Waals surface area contributed by atoms with Crippen LogP contribution in [0.25, 0.3) is 0 Å². The first-order valence-electron chi connectivity index (χ1n) is 12.0. The Balaban J connectivity index is 1.77. The molecule has 3 aromatic carbocycles. The molecule has 1 unspecified atom stereocenters. The number of anilines is 1. The molecule has 0 aromatic heterocycles. The van der Waals surface area contributed by atoms with Crippen molar-refractivity contribution >= 4 is 11.6 Å². The summed E-state index contributed by atoms with van der Waals surface area (Å²) in [6.07, 6.45) is 3.47. The molecule has 3 nitrogen and oxygen atoms in total. The zero-order valence-corrected chi connectivity index (χ0v) is 20.5. The molecule has 1 N–H and O–H groups in total. The monoisotopic (exact) mass is 441 g/mol. The molecule has 0 aliphatic heterocycles. The van der Waals surface area contributed by atoms with Crippen molar-refractivity contribution in [3.63, 3.8) is 0 Å². The number of aryl methyl sites for hydroxylation is 3. The average molecular weight is 442 g/mol. The van der Waals surface area contributed by atoms with Gasteiger partial charge in [0.05, 0.1) is 12.5 Å². The summed E-state index contributed by atoms with van der Waals surface area (Å²) in [6, 6.07) is 21.0. The molecule has 1 aliphatic carbocycles. The normalized spacial score (nSPS) is 17.5. The lowest BCUT2D eigenvalue weighted by molar-refractivity contribution is -0.122. The van der Waals surface area contributed by atoms with Crippen LogP contribution in [0.4, 0.5) is 5.69 Å². The molecule has 172 valence electrons. The minimum Gasteiger partial charge on any atom is -0.497 e. The number of benzene rings is 3. The van der Waals surface area contributed by atoms with E-state index in [0.717, 1.165) is 36.3 Å². The van der Waals surface area contributed by atoms with Crippen molar-refractivity contribution in [3.05, 3.63) is 94.0 Å². The molecular weight excluding hydrogens is 406 g/mol. The highest BCUT2D eigenvalue weighted by atomic mass is 16.5. The fourth-order valence-corrected chi connectivity index (χ4v) is 5.13. The first-order valence-corrected chi connectivity index (χ1v) is 12.0. The van der Waals surface area contributed by atoms with Gasteiger partial charge in [0.15, 0.2) is 0 Å². The number of fused-ring (bicyclic) bond motifs is 1. The largest absolute Gasteiger partial charge is 0.497 e. The van der Waals surface area contributed by atoms with Gasteiger partial charge in [-0.2, -0.15) is 0 Å². The Kier molecular flexibility index (Phi) is 6.60. The third kappa shape index (κ3) is 4.68. The number of rotatable bonds is 6.